The van der Waals surface area contributed by atoms with Crippen LogP contribution in [0, 0.1) is 5.82 Å². The van der Waals surface area contributed by atoms with Gasteiger partial charge < -0.3 is 14.4 Å². The van der Waals surface area contributed by atoms with E-state index in [1.807, 2.05) is 12.1 Å². The minimum Gasteiger partial charge on any atom is -0.497 e. The number of carbonyl (C=O) groups is 1. The SMILES string of the molecule is COc1ccc(OCCN(C)C(=O)c2ccc(F)cc2)cc1. The molecule has 0 bridgehead atoms. The maximum absolute atomic E-state index is 12.8. The molecule has 0 fully saturated rings. The lowest BCUT2D eigenvalue weighted by atomic mass is 10.2. The van der Waals surface area contributed by atoms with Crippen molar-refractivity contribution in [2.45, 2.75) is 0 Å². The Morgan fingerprint density at radius 3 is 2.23 bits per heavy atom. The Morgan fingerprint density at radius 2 is 1.64 bits per heavy atom. The van der Waals surface area contributed by atoms with Crippen molar-refractivity contribution in [3.63, 3.8) is 0 Å². The van der Waals surface area contributed by atoms with Crippen molar-refractivity contribution in [2.75, 3.05) is 27.3 Å². The van der Waals surface area contributed by atoms with E-state index in [0.717, 1.165) is 5.75 Å². The molecule has 22 heavy (non-hydrogen) atoms. The molecule has 2 aromatic carbocycles. The lowest BCUT2D eigenvalue weighted by molar-refractivity contribution is 0.0773. The Balaban J connectivity index is 1.82. The number of likely N-dealkylation sites (N-methyl/N-ethyl adjacent to an activating group) is 1. The summed E-state index contributed by atoms with van der Waals surface area (Å²) in [6.45, 7) is 0.804. The second-order valence-corrected chi connectivity index (χ2v) is 4.76. The van der Waals surface area contributed by atoms with Gasteiger partial charge in [-0.25, -0.2) is 4.39 Å². The van der Waals surface area contributed by atoms with E-state index in [4.69, 9.17) is 9.47 Å². The Bertz CT molecular complexity index is 611. The molecule has 5 heteroatoms. The molecule has 0 unspecified atom stereocenters. The first-order valence-corrected chi connectivity index (χ1v) is 6.88. The van der Waals surface area contributed by atoms with Crippen molar-refractivity contribution in [3.8, 4) is 11.5 Å². The summed E-state index contributed by atoms with van der Waals surface area (Å²) in [4.78, 5) is 13.7. The summed E-state index contributed by atoms with van der Waals surface area (Å²) in [5.41, 5.74) is 0.452. The van der Waals surface area contributed by atoms with Crippen LogP contribution in [-0.2, 0) is 0 Å². The smallest absolute Gasteiger partial charge is 0.253 e. The summed E-state index contributed by atoms with van der Waals surface area (Å²) in [5, 5.41) is 0. The number of benzene rings is 2. The Kier molecular flexibility index (Phi) is 5.36. The van der Waals surface area contributed by atoms with E-state index in [1.54, 1.807) is 26.3 Å². The number of nitrogens with zero attached hydrogens (tertiary/aromatic N) is 1. The largest absolute Gasteiger partial charge is 0.497 e. The maximum atomic E-state index is 12.8. The maximum Gasteiger partial charge on any atom is 0.253 e. The minimum atomic E-state index is -0.359. The number of halogens is 1. The number of hydrogen-bond donors (Lipinski definition) is 0. The van der Waals surface area contributed by atoms with Crippen LogP contribution in [-0.4, -0.2) is 38.1 Å². The fourth-order valence-electron chi connectivity index (χ4n) is 1.89. The van der Waals surface area contributed by atoms with Gasteiger partial charge in [0.1, 0.15) is 23.9 Å². The van der Waals surface area contributed by atoms with Crippen molar-refractivity contribution < 1.29 is 18.7 Å². The molecule has 0 radical (unpaired) electrons. The topological polar surface area (TPSA) is 38.8 Å². The molecule has 0 spiro atoms. The number of ether oxygens (including phenoxy) is 2. The molecule has 1 amide bonds. The summed E-state index contributed by atoms with van der Waals surface area (Å²) in [6.07, 6.45) is 0. The molecule has 4 nitrogen and oxygen atoms in total. The van der Waals surface area contributed by atoms with E-state index in [2.05, 4.69) is 0 Å². The zero-order valence-corrected chi connectivity index (χ0v) is 12.6. The normalized spacial score (nSPS) is 10.1. The van der Waals surface area contributed by atoms with E-state index in [1.165, 1.54) is 29.2 Å². The Hall–Kier alpha value is -2.56. The molecule has 0 aliphatic carbocycles. The average Bonchev–Trinajstić information content (AvgIpc) is 2.55. The summed E-state index contributed by atoms with van der Waals surface area (Å²) in [5.74, 6) is 0.944. The second kappa shape index (κ2) is 7.45. The van der Waals surface area contributed by atoms with Gasteiger partial charge in [0.05, 0.1) is 13.7 Å². The molecule has 0 saturated carbocycles. The lowest BCUT2D eigenvalue weighted by Gasteiger charge is -2.17. The fourth-order valence-corrected chi connectivity index (χ4v) is 1.89. The number of amides is 1. The average molecular weight is 303 g/mol. The van der Waals surface area contributed by atoms with E-state index in [-0.39, 0.29) is 11.7 Å². The Morgan fingerprint density at radius 1 is 1.05 bits per heavy atom. The van der Waals surface area contributed by atoms with Crippen molar-refractivity contribution in [2.24, 2.45) is 0 Å². The van der Waals surface area contributed by atoms with Crippen LogP contribution < -0.4 is 9.47 Å². The van der Waals surface area contributed by atoms with E-state index < -0.39 is 0 Å². The quantitative estimate of drug-likeness (QED) is 0.823. The van der Waals surface area contributed by atoms with E-state index in [0.29, 0.717) is 24.5 Å². The van der Waals surface area contributed by atoms with Gasteiger partial charge >= 0.3 is 0 Å². The monoisotopic (exact) mass is 303 g/mol. The van der Waals surface area contributed by atoms with E-state index >= 15 is 0 Å². The number of hydrogen-bond acceptors (Lipinski definition) is 3. The van der Waals surface area contributed by atoms with Crippen LogP contribution in [0.15, 0.2) is 48.5 Å². The van der Waals surface area contributed by atoms with Gasteiger partial charge in [0.25, 0.3) is 5.91 Å². The van der Waals surface area contributed by atoms with Gasteiger partial charge in [-0.1, -0.05) is 0 Å². The van der Waals surface area contributed by atoms with Crippen LogP contribution in [0.3, 0.4) is 0 Å². The molecular weight excluding hydrogens is 285 g/mol. The first-order valence-electron chi connectivity index (χ1n) is 6.88. The zero-order valence-electron chi connectivity index (χ0n) is 12.6. The van der Waals surface area contributed by atoms with Crippen LogP contribution >= 0.6 is 0 Å². The van der Waals surface area contributed by atoms with Gasteiger partial charge in [-0.2, -0.15) is 0 Å². The highest BCUT2D eigenvalue weighted by molar-refractivity contribution is 5.93. The van der Waals surface area contributed by atoms with E-state index in [9.17, 15) is 9.18 Å². The molecule has 0 aliphatic rings. The molecule has 0 atom stereocenters. The molecule has 116 valence electrons. The van der Waals surface area contributed by atoms with Gasteiger partial charge in [-0.3, -0.25) is 4.79 Å². The summed E-state index contributed by atoms with van der Waals surface area (Å²) in [7, 11) is 3.29. The summed E-state index contributed by atoms with van der Waals surface area (Å²) >= 11 is 0. The van der Waals surface area contributed by atoms with Gasteiger partial charge in [-0.15, -0.1) is 0 Å². The first kappa shape index (κ1) is 15.8. The molecule has 0 N–H and O–H groups in total. The summed E-state index contributed by atoms with van der Waals surface area (Å²) in [6, 6.07) is 12.7. The standard InChI is InChI=1S/C17H18FNO3/c1-19(17(20)13-3-5-14(18)6-4-13)11-12-22-16-9-7-15(21-2)8-10-16/h3-10H,11-12H2,1-2H3. The van der Waals surface area contributed by atoms with Crippen molar-refractivity contribution in [1.82, 2.24) is 4.90 Å². The molecule has 0 aliphatic heterocycles. The van der Waals surface area contributed by atoms with Crippen LogP contribution in [0.2, 0.25) is 0 Å². The third-order valence-electron chi connectivity index (χ3n) is 3.19. The van der Waals surface area contributed by atoms with Gasteiger partial charge in [0.2, 0.25) is 0 Å². The second-order valence-electron chi connectivity index (χ2n) is 4.76. The zero-order chi connectivity index (χ0) is 15.9. The van der Waals surface area contributed by atoms with Crippen molar-refractivity contribution in [3.05, 3.63) is 59.9 Å². The third kappa shape index (κ3) is 4.22. The minimum absolute atomic E-state index is 0.168. The van der Waals surface area contributed by atoms with Gasteiger partial charge in [0.15, 0.2) is 0 Å². The molecule has 0 heterocycles. The highest BCUT2D eigenvalue weighted by Gasteiger charge is 2.11. The molecule has 0 saturated heterocycles. The number of methoxy groups -OCH3 is 1. The predicted molar refractivity (Wildman–Crippen MR) is 81.8 cm³/mol. The van der Waals surface area contributed by atoms with Crippen LogP contribution in [0.4, 0.5) is 4.39 Å². The summed E-state index contributed by atoms with van der Waals surface area (Å²) < 4.78 is 23.5. The number of carbonyl (C=O) groups excluding carboxylic acids is 1. The van der Waals surface area contributed by atoms with Crippen LogP contribution in [0.5, 0.6) is 11.5 Å². The van der Waals surface area contributed by atoms with Crippen LogP contribution in [0.25, 0.3) is 0 Å². The van der Waals surface area contributed by atoms with Crippen molar-refractivity contribution >= 4 is 5.91 Å². The molecule has 0 aromatic heterocycles. The fraction of sp³-hybridized carbons (Fsp3) is 0.235. The number of rotatable bonds is 6. The highest BCUT2D eigenvalue weighted by atomic mass is 19.1. The van der Waals surface area contributed by atoms with Crippen molar-refractivity contribution in [1.29, 1.82) is 0 Å². The van der Waals surface area contributed by atoms with Gasteiger partial charge in [0, 0.05) is 12.6 Å². The third-order valence-corrected chi connectivity index (χ3v) is 3.19. The molecule has 2 aromatic rings. The molecular formula is C17H18FNO3. The molecule has 2 rings (SSSR count). The Labute approximate surface area is 129 Å². The predicted octanol–water partition coefficient (Wildman–Crippen LogP) is 2.99. The first-order chi connectivity index (χ1) is 10.6. The highest BCUT2D eigenvalue weighted by Crippen LogP contribution is 2.16. The van der Waals surface area contributed by atoms with Crippen LogP contribution in [0.1, 0.15) is 10.4 Å². The lowest BCUT2D eigenvalue weighted by Crippen LogP contribution is -2.30. The van der Waals surface area contributed by atoms with Gasteiger partial charge in [-0.05, 0) is 48.5 Å².